The highest BCUT2D eigenvalue weighted by Gasteiger charge is 2.04. The van der Waals surface area contributed by atoms with E-state index >= 15 is 0 Å². The van der Waals surface area contributed by atoms with Crippen molar-refractivity contribution in [3.05, 3.63) is 34.3 Å². The molecule has 0 saturated heterocycles. The van der Waals surface area contributed by atoms with E-state index in [4.69, 9.17) is 0 Å². The summed E-state index contributed by atoms with van der Waals surface area (Å²) in [5.74, 6) is 2.27. The highest BCUT2D eigenvalue weighted by molar-refractivity contribution is 8.22. The van der Waals surface area contributed by atoms with Gasteiger partial charge >= 0.3 is 0 Å². The molecule has 0 atom stereocenters. The van der Waals surface area contributed by atoms with Crippen LogP contribution in [0.5, 0.6) is 0 Å². The van der Waals surface area contributed by atoms with E-state index in [-0.39, 0.29) is 24.0 Å². The average Bonchev–Trinajstić information content (AvgIpc) is 2.22. The molecule has 90 valence electrons. The van der Waals surface area contributed by atoms with Crippen molar-refractivity contribution < 1.29 is 28.5 Å². The van der Waals surface area contributed by atoms with Crippen molar-refractivity contribution >= 4 is 29.6 Å². The van der Waals surface area contributed by atoms with Crippen LogP contribution in [-0.4, -0.2) is 11.5 Å². The summed E-state index contributed by atoms with van der Waals surface area (Å²) in [6.45, 7) is 4.39. The highest BCUT2D eigenvalue weighted by Crippen LogP contribution is 2.29. The lowest BCUT2D eigenvalue weighted by Crippen LogP contribution is -3.00. The zero-order chi connectivity index (χ0) is 11.1. The summed E-state index contributed by atoms with van der Waals surface area (Å²) in [6.07, 6.45) is 4.35. The van der Waals surface area contributed by atoms with Gasteiger partial charge in [-0.3, -0.25) is 0 Å². The van der Waals surface area contributed by atoms with Gasteiger partial charge < -0.3 is 24.0 Å². The SMILES string of the molecule is CCSC(=Cc1cccc[n+]1C)SCC.[I-]. The zero-order valence-electron chi connectivity index (χ0n) is 9.94. The third kappa shape index (κ3) is 5.59. The number of rotatable bonds is 5. The van der Waals surface area contributed by atoms with Crippen molar-refractivity contribution in [3.8, 4) is 0 Å². The maximum absolute atomic E-state index is 2.27. The predicted molar refractivity (Wildman–Crippen MR) is 71.9 cm³/mol. The van der Waals surface area contributed by atoms with Gasteiger partial charge in [-0.1, -0.05) is 13.8 Å². The van der Waals surface area contributed by atoms with Crippen LogP contribution >= 0.6 is 23.5 Å². The third-order valence-corrected chi connectivity index (χ3v) is 4.02. The molecule has 0 aliphatic carbocycles. The smallest absolute Gasteiger partial charge is 0.206 e. The molecular weight excluding hydrogens is 349 g/mol. The number of hydrogen-bond acceptors (Lipinski definition) is 2. The Morgan fingerprint density at radius 2 is 1.88 bits per heavy atom. The minimum absolute atomic E-state index is 0. The number of halogens is 1. The predicted octanol–water partition coefficient (Wildman–Crippen LogP) is 0.320. The number of pyridine rings is 1. The lowest BCUT2D eigenvalue weighted by molar-refractivity contribution is -0.673. The van der Waals surface area contributed by atoms with E-state index in [1.54, 1.807) is 0 Å². The largest absolute Gasteiger partial charge is 1.00 e. The molecule has 0 aliphatic heterocycles. The van der Waals surface area contributed by atoms with Crippen molar-refractivity contribution in [2.75, 3.05) is 11.5 Å². The lowest BCUT2D eigenvalue weighted by Gasteiger charge is -2.02. The summed E-state index contributed by atoms with van der Waals surface area (Å²) >= 11 is 3.83. The van der Waals surface area contributed by atoms with Crippen LogP contribution in [-0.2, 0) is 7.05 Å². The fraction of sp³-hybridized carbons (Fsp3) is 0.417. The van der Waals surface area contributed by atoms with E-state index in [1.807, 2.05) is 23.5 Å². The topological polar surface area (TPSA) is 3.88 Å². The van der Waals surface area contributed by atoms with Gasteiger partial charge in [-0.15, -0.1) is 23.5 Å². The third-order valence-electron chi connectivity index (χ3n) is 1.93. The standard InChI is InChI=1S/C12H18NS2.HI/c1-4-14-12(15-5-2)10-11-8-6-7-9-13(11)3;/h6-10H,4-5H2,1-3H3;1H/q+1;/p-1. The second-order valence-corrected chi connectivity index (χ2v) is 5.94. The Bertz CT molecular complexity index is 332. The number of aromatic nitrogens is 1. The minimum atomic E-state index is 0. The monoisotopic (exact) mass is 367 g/mol. The summed E-state index contributed by atoms with van der Waals surface area (Å²) < 4.78 is 3.55. The summed E-state index contributed by atoms with van der Waals surface area (Å²) in [4.78, 5) is 0. The van der Waals surface area contributed by atoms with Gasteiger partial charge in [0.15, 0.2) is 6.20 Å². The van der Waals surface area contributed by atoms with Crippen molar-refractivity contribution in [1.29, 1.82) is 0 Å². The van der Waals surface area contributed by atoms with Gasteiger partial charge in [0, 0.05) is 22.4 Å². The molecule has 1 aromatic rings. The van der Waals surface area contributed by atoms with Gasteiger partial charge in [-0.25, -0.2) is 4.57 Å². The Hall–Kier alpha value is 0.320. The van der Waals surface area contributed by atoms with E-state index in [0.29, 0.717) is 0 Å². The first-order valence-electron chi connectivity index (χ1n) is 5.19. The molecule has 1 rings (SSSR count). The normalized spacial score (nSPS) is 9.44. The average molecular weight is 367 g/mol. The first-order valence-corrected chi connectivity index (χ1v) is 7.17. The van der Waals surface area contributed by atoms with Gasteiger partial charge in [0.05, 0.1) is 0 Å². The Balaban J connectivity index is 0.00000225. The van der Waals surface area contributed by atoms with Crippen LogP contribution < -0.4 is 28.5 Å². The summed E-state index contributed by atoms with van der Waals surface area (Å²) in [6, 6.07) is 6.28. The molecule has 1 aromatic heterocycles. The molecule has 0 fully saturated rings. The molecule has 16 heavy (non-hydrogen) atoms. The van der Waals surface area contributed by atoms with Gasteiger partial charge in [-0.05, 0) is 17.6 Å². The summed E-state index contributed by atoms with van der Waals surface area (Å²) in [5, 5.41) is 0. The van der Waals surface area contributed by atoms with Gasteiger partial charge in [-0.2, -0.15) is 0 Å². The van der Waals surface area contributed by atoms with E-state index in [2.05, 4.69) is 55.9 Å². The molecular formula is C12H18INS2. The fourth-order valence-corrected chi connectivity index (χ4v) is 3.23. The Labute approximate surface area is 124 Å². The van der Waals surface area contributed by atoms with E-state index in [9.17, 15) is 0 Å². The van der Waals surface area contributed by atoms with E-state index in [1.165, 1.54) is 9.93 Å². The molecule has 0 saturated carbocycles. The highest BCUT2D eigenvalue weighted by atomic mass is 127. The maximum atomic E-state index is 2.27. The molecule has 0 radical (unpaired) electrons. The van der Waals surface area contributed by atoms with Crippen LogP contribution in [0, 0.1) is 0 Å². The van der Waals surface area contributed by atoms with Crippen LogP contribution in [0.2, 0.25) is 0 Å². The molecule has 0 amide bonds. The number of aryl methyl sites for hydroxylation is 1. The second kappa shape index (κ2) is 9.36. The maximum Gasteiger partial charge on any atom is 0.206 e. The van der Waals surface area contributed by atoms with Gasteiger partial charge in [0.25, 0.3) is 0 Å². The minimum Gasteiger partial charge on any atom is -1.00 e. The van der Waals surface area contributed by atoms with Crippen molar-refractivity contribution in [3.63, 3.8) is 0 Å². The van der Waals surface area contributed by atoms with Gasteiger partial charge in [0.1, 0.15) is 7.05 Å². The van der Waals surface area contributed by atoms with Crippen molar-refractivity contribution in [2.45, 2.75) is 13.8 Å². The number of hydrogen-bond donors (Lipinski definition) is 0. The molecule has 0 spiro atoms. The molecule has 1 nitrogen and oxygen atoms in total. The van der Waals surface area contributed by atoms with Crippen molar-refractivity contribution in [1.82, 2.24) is 0 Å². The molecule has 0 bridgehead atoms. The Kier molecular flexibility index (Phi) is 9.55. The summed E-state index contributed by atoms with van der Waals surface area (Å²) in [5.41, 5.74) is 1.26. The Morgan fingerprint density at radius 3 is 2.38 bits per heavy atom. The van der Waals surface area contributed by atoms with Crippen LogP contribution in [0.25, 0.3) is 6.08 Å². The second-order valence-electron chi connectivity index (χ2n) is 3.07. The Morgan fingerprint density at radius 1 is 1.25 bits per heavy atom. The van der Waals surface area contributed by atoms with Crippen LogP contribution in [0.1, 0.15) is 19.5 Å². The molecule has 1 heterocycles. The van der Waals surface area contributed by atoms with Gasteiger partial charge in [0.2, 0.25) is 5.69 Å². The molecule has 0 aromatic carbocycles. The molecule has 0 aliphatic rings. The zero-order valence-corrected chi connectivity index (χ0v) is 13.7. The molecule has 0 unspecified atom stereocenters. The lowest BCUT2D eigenvalue weighted by atomic mass is 10.3. The van der Waals surface area contributed by atoms with Crippen LogP contribution in [0.3, 0.4) is 0 Å². The first kappa shape index (κ1) is 16.3. The summed E-state index contributed by atoms with van der Waals surface area (Å²) in [7, 11) is 2.08. The first-order chi connectivity index (χ1) is 7.27. The number of nitrogens with zero attached hydrogens (tertiary/aromatic N) is 1. The molecule has 4 heteroatoms. The van der Waals surface area contributed by atoms with Crippen LogP contribution in [0.15, 0.2) is 28.6 Å². The fourth-order valence-electron chi connectivity index (χ4n) is 1.22. The quantitative estimate of drug-likeness (QED) is 0.545. The van der Waals surface area contributed by atoms with Crippen molar-refractivity contribution in [2.24, 2.45) is 7.05 Å². The van der Waals surface area contributed by atoms with Crippen LogP contribution in [0.4, 0.5) is 0 Å². The van der Waals surface area contributed by atoms with E-state index in [0.717, 1.165) is 11.5 Å². The number of thioether (sulfide) groups is 2. The van der Waals surface area contributed by atoms with E-state index < -0.39 is 0 Å². The molecule has 0 N–H and O–H groups in total.